The average molecular weight is 548 g/mol. The summed E-state index contributed by atoms with van der Waals surface area (Å²) in [6, 6.07) is 6.65. The largest absolute Gasteiger partial charge is 0.435 e. The first-order valence-corrected chi connectivity index (χ1v) is 13.0. The summed E-state index contributed by atoms with van der Waals surface area (Å²) in [6.07, 6.45) is -5.24. The number of rotatable bonds is 5. The molecule has 0 aliphatic carbocycles. The monoisotopic (exact) mass is 547 g/mol. The van der Waals surface area contributed by atoms with E-state index >= 15 is 0 Å². The summed E-state index contributed by atoms with van der Waals surface area (Å²) in [5.41, 5.74) is -1.84. The Morgan fingerprint density at radius 2 is 1.82 bits per heavy atom. The first-order chi connectivity index (χ1) is 16.1. The fourth-order valence-corrected chi connectivity index (χ4v) is 6.42. The van der Waals surface area contributed by atoms with Crippen LogP contribution in [-0.2, 0) is 21.2 Å². The lowest BCUT2D eigenvalue weighted by Crippen LogP contribution is -2.42. The minimum atomic E-state index is -4.83. The van der Waals surface area contributed by atoms with Gasteiger partial charge in [0.25, 0.3) is 5.60 Å². The van der Waals surface area contributed by atoms with Crippen LogP contribution >= 0.6 is 34.9 Å². The molecule has 13 heteroatoms. The predicted octanol–water partition coefficient (Wildman–Crippen LogP) is 5.53. The second-order valence-electron chi connectivity index (χ2n) is 8.18. The molecule has 5 rings (SSSR count). The number of halogens is 5. The predicted molar refractivity (Wildman–Crippen MR) is 124 cm³/mol. The molecule has 2 aromatic carbocycles. The Balaban J connectivity index is 1.49. The van der Waals surface area contributed by atoms with Gasteiger partial charge in [0.1, 0.15) is 11.0 Å². The highest BCUT2D eigenvalue weighted by molar-refractivity contribution is 7.86. The number of alkyl halides is 3. The number of Topliss-reactive ketones (excluding diaryl/α,β-unsaturated/α-hetero) is 1. The SMILES string of the molecule is O=C(CC1CS(=O)C1)c1ccc(C2=NOC(c3cc(Cl)cc(Cl)c3)(C(F)(F)F)C2)c2nsnc12. The van der Waals surface area contributed by atoms with Crippen molar-refractivity contribution in [2.24, 2.45) is 11.1 Å². The van der Waals surface area contributed by atoms with Gasteiger partial charge in [0.2, 0.25) is 0 Å². The molecular formula is C21H14Cl2F3N3O3S2. The van der Waals surface area contributed by atoms with Gasteiger partial charge >= 0.3 is 6.18 Å². The van der Waals surface area contributed by atoms with Gasteiger partial charge in [-0.15, -0.1) is 0 Å². The highest BCUT2D eigenvalue weighted by Crippen LogP contribution is 2.50. The molecule has 1 atom stereocenters. The number of nitrogens with zero attached hydrogens (tertiary/aromatic N) is 3. The first kappa shape index (κ1) is 23.7. The molecule has 2 aliphatic rings. The van der Waals surface area contributed by atoms with Crippen LogP contribution in [0.2, 0.25) is 10.0 Å². The van der Waals surface area contributed by atoms with Crippen molar-refractivity contribution >= 4 is 68.3 Å². The van der Waals surface area contributed by atoms with Gasteiger partial charge in [-0.05, 0) is 36.2 Å². The second-order valence-corrected chi connectivity index (χ2v) is 11.1. The van der Waals surface area contributed by atoms with Crippen molar-refractivity contribution in [3.8, 4) is 0 Å². The van der Waals surface area contributed by atoms with Crippen LogP contribution in [0.15, 0.2) is 35.5 Å². The van der Waals surface area contributed by atoms with E-state index < -0.39 is 29.0 Å². The van der Waals surface area contributed by atoms with Crippen LogP contribution in [0.1, 0.15) is 34.3 Å². The maximum absolute atomic E-state index is 14.3. The normalized spacial score (nSPS) is 24.6. The molecule has 178 valence electrons. The third-order valence-corrected chi connectivity index (χ3v) is 8.51. The van der Waals surface area contributed by atoms with Crippen LogP contribution in [0.25, 0.3) is 11.0 Å². The fraction of sp³-hybridized carbons (Fsp3) is 0.333. The fourth-order valence-electron chi connectivity index (χ4n) is 4.13. The lowest BCUT2D eigenvalue weighted by Gasteiger charge is -2.29. The van der Waals surface area contributed by atoms with Crippen LogP contribution in [0.4, 0.5) is 13.2 Å². The third kappa shape index (κ3) is 4.02. The summed E-state index contributed by atoms with van der Waals surface area (Å²) in [6.45, 7) is 0. The molecule has 1 saturated heterocycles. The Labute approximate surface area is 207 Å². The van der Waals surface area contributed by atoms with Gasteiger partial charge in [-0.2, -0.15) is 21.9 Å². The molecular weight excluding hydrogens is 534 g/mol. The average Bonchev–Trinajstić information content (AvgIpc) is 3.39. The van der Waals surface area contributed by atoms with Crippen LogP contribution in [0, 0.1) is 5.92 Å². The molecule has 1 fully saturated rings. The lowest BCUT2D eigenvalue weighted by atomic mass is 9.86. The van der Waals surface area contributed by atoms with Gasteiger partial charge in [-0.1, -0.05) is 28.4 Å². The summed E-state index contributed by atoms with van der Waals surface area (Å²) in [5, 5.41) is 3.84. The number of benzene rings is 2. The summed E-state index contributed by atoms with van der Waals surface area (Å²) < 4.78 is 62.6. The van der Waals surface area contributed by atoms with Crippen LogP contribution < -0.4 is 0 Å². The minimum absolute atomic E-state index is 0.0134. The number of ketones is 1. The maximum atomic E-state index is 14.3. The number of aromatic nitrogens is 2. The molecule has 0 amide bonds. The molecule has 3 heterocycles. The molecule has 0 spiro atoms. The summed E-state index contributed by atoms with van der Waals surface area (Å²) in [5.74, 6) is 0.861. The zero-order valence-electron chi connectivity index (χ0n) is 17.1. The molecule has 0 bridgehead atoms. The molecule has 2 aliphatic heterocycles. The Kier molecular flexibility index (Phi) is 5.94. The smallest absolute Gasteiger partial charge is 0.374 e. The zero-order valence-corrected chi connectivity index (χ0v) is 20.2. The van der Waals surface area contributed by atoms with Crippen LogP contribution in [-0.4, -0.2) is 42.1 Å². The number of hydrogen-bond donors (Lipinski definition) is 0. The van der Waals surface area contributed by atoms with Gasteiger partial charge in [0.05, 0.1) is 23.9 Å². The van der Waals surface area contributed by atoms with Crippen molar-refractivity contribution in [3.63, 3.8) is 0 Å². The van der Waals surface area contributed by atoms with Gasteiger partial charge < -0.3 is 4.84 Å². The van der Waals surface area contributed by atoms with Crippen molar-refractivity contribution in [3.05, 3.63) is 57.1 Å². The molecule has 0 N–H and O–H groups in total. The van der Waals surface area contributed by atoms with Crippen LogP contribution in [0.5, 0.6) is 0 Å². The Bertz CT molecular complexity index is 1350. The van der Waals surface area contributed by atoms with Gasteiger partial charge in [0.15, 0.2) is 5.78 Å². The van der Waals surface area contributed by atoms with Gasteiger partial charge in [0, 0.05) is 55.5 Å². The Morgan fingerprint density at radius 1 is 1.15 bits per heavy atom. The Hall–Kier alpha value is -2.08. The molecule has 6 nitrogen and oxygen atoms in total. The Morgan fingerprint density at radius 3 is 2.47 bits per heavy atom. The quantitative estimate of drug-likeness (QED) is 0.392. The van der Waals surface area contributed by atoms with Crippen molar-refractivity contribution in [1.82, 2.24) is 8.75 Å². The standard InChI is InChI=1S/C21H14Cl2F3N3O3S2/c22-12-4-11(5-13(23)6-12)20(21(24,25)26)7-16(27-32-20)14-1-2-15(19-18(14)28-33-29-19)17(30)3-10-8-34(31)9-10/h1-2,4-6,10H,3,7-9H2. The summed E-state index contributed by atoms with van der Waals surface area (Å²) >= 11 is 12.8. The van der Waals surface area contributed by atoms with E-state index in [-0.39, 0.29) is 45.0 Å². The van der Waals surface area contributed by atoms with Crippen LogP contribution in [0.3, 0.4) is 0 Å². The second kappa shape index (κ2) is 8.54. The van der Waals surface area contributed by atoms with E-state index in [0.29, 0.717) is 28.1 Å². The van der Waals surface area contributed by atoms with Gasteiger partial charge in [-0.3, -0.25) is 9.00 Å². The maximum Gasteiger partial charge on any atom is 0.435 e. The minimum Gasteiger partial charge on any atom is -0.374 e. The molecule has 3 aromatic rings. The number of carbonyl (C=O) groups excluding carboxylic acids is 1. The first-order valence-electron chi connectivity index (χ1n) is 9.99. The van der Waals surface area contributed by atoms with Gasteiger partial charge in [-0.25, -0.2) is 0 Å². The van der Waals surface area contributed by atoms with E-state index in [2.05, 4.69) is 13.9 Å². The lowest BCUT2D eigenvalue weighted by molar-refractivity contribution is -0.275. The van der Waals surface area contributed by atoms with E-state index in [0.717, 1.165) is 23.9 Å². The molecule has 34 heavy (non-hydrogen) atoms. The molecule has 0 saturated carbocycles. The molecule has 1 aromatic heterocycles. The summed E-state index contributed by atoms with van der Waals surface area (Å²) in [4.78, 5) is 17.9. The van der Waals surface area contributed by atoms with Crippen molar-refractivity contribution < 1.29 is 27.0 Å². The van der Waals surface area contributed by atoms with E-state index in [9.17, 15) is 22.2 Å². The number of carbonyl (C=O) groups is 1. The number of fused-ring (bicyclic) bond motifs is 1. The highest BCUT2D eigenvalue weighted by Gasteiger charge is 2.62. The molecule has 0 radical (unpaired) electrons. The van der Waals surface area contributed by atoms with E-state index in [1.807, 2.05) is 0 Å². The third-order valence-electron chi connectivity index (χ3n) is 5.86. The highest BCUT2D eigenvalue weighted by atomic mass is 35.5. The topological polar surface area (TPSA) is 81.5 Å². The van der Waals surface area contributed by atoms with Crippen molar-refractivity contribution in [1.29, 1.82) is 0 Å². The number of oxime groups is 1. The van der Waals surface area contributed by atoms with E-state index in [1.54, 1.807) is 0 Å². The summed E-state index contributed by atoms with van der Waals surface area (Å²) in [7, 11) is -0.870. The molecule has 1 unspecified atom stereocenters. The van der Waals surface area contributed by atoms with Crippen molar-refractivity contribution in [2.75, 3.05) is 11.5 Å². The van der Waals surface area contributed by atoms with E-state index in [4.69, 9.17) is 28.0 Å². The number of hydrogen-bond acceptors (Lipinski definition) is 7. The van der Waals surface area contributed by atoms with Crippen molar-refractivity contribution in [2.45, 2.75) is 24.6 Å². The zero-order chi connectivity index (χ0) is 24.3. The van der Waals surface area contributed by atoms with E-state index in [1.165, 1.54) is 18.2 Å².